The number of nitrogens with zero attached hydrogens (tertiary/aromatic N) is 2. The van der Waals surface area contributed by atoms with Gasteiger partial charge in [-0.15, -0.1) is 11.3 Å². The van der Waals surface area contributed by atoms with E-state index in [9.17, 15) is 4.39 Å². The molecular weight excluding hydrogens is 455 g/mol. The van der Waals surface area contributed by atoms with E-state index in [0.29, 0.717) is 13.2 Å². The van der Waals surface area contributed by atoms with E-state index in [-0.39, 0.29) is 6.61 Å². The van der Waals surface area contributed by atoms with Gasteiger partial charge in [-0.2, -0.15) is 0 Å². The summed E-state index contributed by atoms with van der Waals surface area (Å²) in [6.07, 6.45) is 4.08. The van der Waals surface area contributed by atoms with Gasteiger partial charge in [-0.25, -0.2) is 9.37 Å². The molecule has 4 nitrogen and oxygen atoms in total. The van der Waals surface area contributed by atoms with Crippen LogP contribution in [0.25, 0.3) is 22.4 Å². The number of ether oxygens (including phenoxy) is 2. The van der Waals surface area contributed by atoms with Crippen molar-refractivity contribution in [1.82, 2.24) is 4.98 Å². The van der Waals surface area contributed by atoms with Crippen molar-refractivity contribution in [3.05, 3.63) is 50.9 Å². The number of alkyl halides is 1. The molecule has 0 saturated heterocycles. The molecule has 154 valence electrons. The number of rotatable bonds is 9. The average molecular weight is 479 g/mol. The minimum absolute atomic E-state index is 0.154. The monoisotopic (exact) mass is 478 g/mol. The molecule has 1 aromatic heterocycles. The molecule has 7 heteroatoms. The third-order valence-corrected chi connectivity index (χ3v) is 6.12. The molecule has 0 aliphatic heterocycles. The number of aryl methyl sites for hydroxylation is 1. The van der Waals surface area contributed by atoms with Crippen LogP contribution in [0.2, 0.25) is 0 Å². The second-order valence-corrected chi connectivity index (χ2v) is 8.53. The fourth-order valence-electron chi connectivity index (χ4n) is 3.00. The standard InChI is InChI=1S/C22H24BrFN2O2S/c1-15-12-18-21(14-19(15)26(2)9-11-28-10-8-24)29-22(25-18)7-5-16-4-6-20(27-3)17(23)13-16/h4-7,12-14H,8-11H2,1-3H3. The highest BCUT2D eigenvalue weighted by molar-refractivity contribution is 9.10. The molecule has 0 radical (unpaired) electrons. The zero-order valence-corrected chi connectivity index (χ0v) is 19.1. The molecule has 2 aromatic carbocycles. The van der Waals surface area contributed by atoms with Crippen LogP contribution in [0, 0.1) is 6.92 Å². The molecule has 0 bridgehead atoms. The predicted molar refractivity (Wildman–Crippen MR) is 124 cm³/mol. The van der Waals surface area contributed by atoms with Gasteiger partial charge in [0.2, 0.25) is 0 Å². The highest BCUT2D eigenvalue weighted by Gasteiger charge is 2.10. The van der Waals surface area contributed by atoms with Crippen LogP contribution >= 0.6 is 27.3 Å². The summed E-state index contributed by atoms with van der Waals surface area (Å²) in [5.74, 6) is 0.810. The first-order valence-electron chi connectivity index (χ1n) is 9.29. The molecule has 3 rings (SSSR count). The Morgan fingerprint density at radius 3 is 2.76 bits per heavy atom. The molecule has 0 fully saturated rings. The molecule has 0 unspecified atom stereocenters. The number of benzene rings is 2. The summed E-state index contributed by atoms with van der Waals surface area (Å²) in [6, 6.07) is 10.2. The molecule has 0 saturated carbocycles. The molecule has 1 heterocycles. The summed E-state index contributed by atoms with van der Waals surface area (Å²) in [5, 5.41) is 0.956. The number of hydrogen-bond donors (Lipinski definition) is 0. The minimum atomic E-state index is -0.445. The maximum absolute atomic E-state index is 12.1. The van der Waals surface area contributed by atoms with Crippen molar-refractivity contribution >= 4 is 55.3 Å². The number of methoxy groups -OCH3 is 1. The average Bonchev–Trinajstić information content (AvgIpc) is 3.10. The van der Waals surface area contributed by atoms with Crippen LogP contribution in [0.1, 0.15) is 16.1 Å². The van der Waals surface area contributed by atoms with Gasteiger partial charge in [-0.3, -0.25) is 0 Å². The number of anilines is 1. The number of aromatic nitrogens is 1. The van der Waals surface area contributed by atoms with Crippen LogP contribution in [0.15, 0.2) is 34.8 Å². The lowest BCUT2D eigenvalue weighted by molar-refractivity contribution is 0.125. The number of likely N-dealkylation sites (N-methyl/N-ethyl adjacent to an activating group) is 1. The lowest BCUT2D eigenvalue weighted by atomic mass is 10.1. The van der Waals surface area contributed by atoms with Crippen LogP contribution in [-0.2, 0) is 4.74 Å². The number of hydrogen-bond acceptors (Lipinski definition) is 5. The summed E-state index contributed by atoms with van der Waals surface area (Å²) in [5.41, 5.74) is 4.36. The van der Waals surface area contributed by atoms with Gasteiger partial charge in [0.25, 0.3) is 0 Å². The molecule has 0 amide bonds. The summed E-state index contributed by atoms with van der Waals surface area (Å²) in [4.78, 5) is 6.88. The fraction of sp³-hybridized carbons (Fsp3) is 0.318. The summed E-state index contributed by atoms with van der Waals surface area (Å²) in [7, 11) is 3.68. The molecule has 0 N–H and O–H groups in total. The van der Waals surface area contributed by atoms with Crippen molar-refractivity contribution in [1.29, 1.82) is 0 Å². The predicted octanol–water partition coefficient (Wildman–Crippen LogP) is 5.97. The normalized spacial score (nSPS) is 11.5. The lowest BCUT2D eigenvalue weighted by Crippen LogP contribution is -2.23. The van der Waals surface area contributed by atoms with Crippen LogP contribution in [0.3, 0.4) is 0 Å². The van der Waals surface area contributed by atoms with Crippen molar-refractivity contribution in [2.45, 2.75) is 6.92 Å². The molecule has 3 aromatic rings. The molecule has 29 heavy (non-hydrogen) atoms. The second-order valence-electron chi connectivity index (χ2n) is 6.61. The Morgan fingerprint density at radius 1 is 1.21 bits per heavy atom. The van der Waals surface area contributed by atoms with E-state index in [1.54, 1.807) is 18.4 Å². The second kappa shape index (κ2) is 10.2. The van der Waals surface area contributed by atoms with Gasteiger partial charge < -0.3 is 14.4 Å². The maximum Gasteiger partial charge on any atom is 0.133 e. The van der Waals surface area contributed by atoms with E-state index in [1.165, 1.54) is 0 Å². The molecule has 0 aliphatic carbocycles. The van der Waals surface area contributed by atoms with E-state index in [2.05, 4.69) is 39.9 Å². The summed E-state index contributed by atoms with van der Waals surface area (Å²) >= 11 is 5.17. The number of fused-ring (bicyclic) bond motifs is 1. The highest BCUT2D eigenvalue weighted by atomic mass is 79.9. The van der Waals surface area contributed by atoms with Crippen LogP contribution in [0.4, 0.5) is 10.1 Å². The lowest BCUT2D eigenvalue weighted by Gasteiger charge is -2.21. The first kappa shape index (κ1) is 21.7. The Hall–Kier alpha value is -1.96. The Balaban J connectivity index is 1.76. The van der Waals surface area contributed by atoms with E-state index in [1.807, 2.05) is 37.4 Å². The van der Waals surface area contributed by atoms with Crippen LogP contribution in [0.5, 0.6) is 5.75 Å². The third-order valence-electron chi connectivity index (χ3n) is 4.52. The van der Waals surface area contributed by atoms with Gasteiger partial charge >= 0.3 is 0 Å². The molecular formula is C22H24BrFN2O2S. The van der Waals surface area contributed by atoms with Crippen LogP contribution < -0.4 is 9.64 Å². The zero-order chi connectivity index (χ0) is 20.8. The van der Waals surface area contributed by atoms with Gasteiger partial charge in [-0.1, -0.05) is 12.1 Å². The summed E-state index contributed by atoms with van der Waals surface area (Å²) in [6.45, 7) is 3.01. The molecule has 0 spiro atoms. The quantitative estimate of drug-likeness (QED) is 0.355. The fourth-order valence-corrected chi connectivity index (χ4v) is 4.44. The van der Waals surface area contributed by atoms with Crippen LogP contribution in [-0.4, -0.2) is 45.6 Å². The molecule has 0 aliphatic rings. The SMILES string of the molecule is COc1ccc(C=Cc2nc3cc(C)c(N(C)CCOCCF)cc3s2)cc1Br. The van der Waals surface area contributed by atoms with E-state index < -0.39 is 6.67 Å². The van der Waals surface area contributed by atoms with Gasteiger partial charge in [0.1, 0.15) is 17.4 Å². The Labute approximate surface area is 183 Å². The Morgan fingerprint density at radius 2 is 2.03 bits per heavy atom. The third kappa shape index (κ3) is 5.56. The largest absolute Gasteiger partial charge is 0.496 e. The highest BCUT2D eigenvalue weighted by Crippen LogP contribution is 2.31. The first-order valence-corrected chi connectivity index (χ1v) is 10.9. The van der Waals surface area contributed by atoms with Gasteiger partial charge in [0.15, 0.2) is 0 Å². The van der Waals surface area contributed by atoms with Crippen molar-refractivity contribution in [2.75, 3.05) is 45.5 Å². The first-order chi connectivity index (χ1) is 14.0. The Bertz CT molecular complexity index is 1010. The van der Waals surface area contributed by atoms with Crippen molar-refractivity contribution in [3.8, 4) is 5.75 Å². The van der Waals surface area contributed by atoms with Gasteiger partial charge in [0, 0.05) is 19.3 Å². The van der Waals surface area contributed by atoms with E-state index in [4.69, 9.17) is 14.5 Å². The van der Waals surface area contributed by atoms with Gasteiger partial charge in [-0.05, 0) is 64.3 Å². The minimum Gasteiger partial charge on any atom is -0.496 e. The number of thiazole rings is 1. The Kier molecular flexibility index (Phi) is 7.64. The van der Waals surface area contributed by atoms with E-state index in [0.717, 1.165) is 42.3 Å². The topological polar surface area (TPSA) is 34.6 Å². The molecule has 0 atom stereocenters. The number of halogens is 2. The zero-order valence-electron chi connectivity index (χ0n) is 16.7. The van der Waals surface area contributed by atoms with Crippen molar-refractivity contribution < 1.29 is 13.9 Å². The van der Waals surface area contributed by atoms with E-state index >= 15 is 0 Å². The smallest absolute Gasteiger partial charge is 0.133 e. The van der Waals surface area contributed by atoms with Gasteiger partial charge in [0.05, 0.1) is 35.0 Å². The summed E-state index contributed by atoms with van der Waals surface area (Å²) < 4.78 is 24.7. The maximum atomic E-state index is 12.1. The van der Waals surface area contributed by atoms with Crippen molar-refractivity contribution in [2.24, 2.45) is 0 Å². The van der Waals surface area contributed by atoms with Crippen molar-refractivity contribution in [3.63, 3.8) is 0 Å².